The molecule has 0 fully saturated rings. The fourth-order valence-corrected chi connectivity index (χ4v) is 3.90. The number of carbonyl (C=O) groups excluding carboxylic acids is 3. The van der Waals surface area contributed by atoms with Gasteiger partial charge in [-0.25, -0.2) is 5.43 Å². The SMILES string of the molecule is CCCOc1ccc(NC(=O)C(=O)N/N=C\c2cc(Br)c(OCC(=O)Nc3cccc(C(F)(F)F)c3)c(OC)c2)cc1. The number of carbonyl (C=O) groups is 3. The van der Waals surface area contributed by atoms with Gasteiger partial charge in [-0.05, 0) is 82.5 Å². The third-order valence-electron chi connectivity index (χ3n) is 5.24. The maximum atomic E-state index is 12.9. The third-order valence-corrected chi connectivity index (χ3v) is 5.83. The topological polar surface area (TPSA) is 127 Å². The van der Waals surface area contributed by atoms with Crippen LogP contribution in [0.5, 0.6) is 17.2 Å². The van der Waals surface area contributed by atoms with Crippen molar-refractivity contribution in [3.8, 4) is 17.2 Å². The minimum Gasteiger partial charge on any atom is -0.494 e. The van der Waals surface area contributed by atoms with E-state index in [9.17, 15) is 27.6 Å². The Hall–Kier alpha value is -4.59. The summed E-state index contributed by atoms with van der Waals surface area (Å²) in [5.41, 5.74) is 2.01. The van der Waals surface area contributed by atoms with E-state index in [1.807, 2.05) is 6.92 Å². The molecule has 3 aromatic carbocycles. The molecular weight excluding hydrogens is 625 g/mol. The van der Waals surface area contributed by atoms with Gasteiger partial charge < -0.3 is 24.8 Å². The van der Waals surface area contributed by atoms with Crippen LogP contribution in [0.4, 0.5) is 24.5 Å². The average Bonchev–Trinajstić information content (AvgIpc) is 2.95. The zero-order chi connectivity index (χ0) is 30.7. The van der Waals surface area contributed by atoms with E-state index < -0.39 is 36.1 Å². The lowest BCUT2D eigenvalue weighted by Gasteiger charge is -2.14. The van der Waals surface area contributed by atoms with Crippen molar-refractivity contribution >= 4 is 51.2 Å². The molecule has 0 unspecified atom stereocenters. The second kappa shape index (κ2) is 14.9. The van der Waals surface area contributed by atoms with Gasteiger partial charge in [-0.15, -0.1) is 0 Å². The van der Waals surface area contributed by atoms with E-state index >= 15 is 0 Å². The average molecular weight is 651 g/mol. The molecule has 0 aliphatic rings. The molecule has 0 spiro atoms. The van der Waals surface area contributed by atoms with Gasteiger partial charge in [0.15, 0.2) is 18.1 Å². The van der Waals surface area contributed by atoms with Gasteiger partial charge in [0.25, 0.3) is 5.91 Å². The minimum absolute atomic E-state index is 0.0401. The molecule has 3 rings (SSSR count). The Morgan fingerprint density at radius 2 is 1.69 bits per heavy atom. The molecule has 0 radical (unpaired) electrons. The van der Waals surface area contributed by atoms with Crippen LogP contribution in [0.1, 0.15) is 24.5 Å². The Kier molecular flexibility index (Phi) is 11.3. The highest BCUT2D eigenvalue weighted by Gasteiger charge is 2.30. The standard InChI is InChI=1S/C28H26BrF3N4O6/c1-3-11-41-21-9-7-19(8-10-21)35-26(38)27(39)36-33-15-17-12-22(29)25(23(13-17)40-2)42-16-24(37)34-20-6-4-5-18(14-20)28(30,31)32/h4-10,12-15H,3,11,16H2,1-2H3,(H,34,37)(H,35,38)(H,36,39)/b33-15-. The van der Waals surface area contributed by atoms with Crippen molar-refractivity contribution in [2.24, 2.45) is 5.10 Å². The maximum Gasteiger partial charge on any atom is 0.416 e. The van der Waals surface area contributed by atoms with Crippen LogP contribution in [0.15, 0.2) is 70.2 Å². The molecule has 0 bridgehead atoms. The number of halogens is 4. The largest absolute Gasteiger partial charge is 0.494 e. The number of rotatable bonds is 11. The van der Waals surface area contributed by atoms with E-state index in [0.717, 1.165) is 18.6 Å². The van der Waals surface area contributed by atoms with Crippen molar-refractivity contribution < 1.29 is 41.8 Å². The number of benzene rings is 3. The predicted molar refractivity (Wildman–Crippen MR) is 153 cm³/mol. The molecule has 42 heavy (non-hydrogen) atoms. The normalized spacial score (nSPS) is 11.1. The Morgan fingerprint density at radius 1 is 0.952 bits per heavy atom. The molecule has 0 atom stereocenters. The molecule has 10 nitrogen and oxygen atoms in total. The van der Waals surface area contributed by atoms with Crippen LogP contribution in [0.3, 0.4) is 0 Å². The predicted octanol–water partition coefficient (Wildman–Crippen LogP) is 5.37. The molecule has 222 valence electrons. The van der Waals surface area contributed by atoms with Crippen LogP contribution in [0.25, 0.3) is 0 Å². The van der Waals surface area contributed by atoms with Crippen LogP contribution in [-0.4, -0.2) is 44.3 Å². The second-order valence-corrected chi connectivity index (χ2v) is 9.33. The number of anilines is 2. The zero-order valence-corrected chi connectivity index (χ0v) is 24.0. The lowest BCUT2D eigenvalue weighted by molar-refractivity contribution is -0.137. The minimum atomic E-state index is -4.55. The Bertz CT molecular complexity index is 1450. The Balaban J connectivity index is 1.55. The van der Waals surface area contributed by atoms with Gasteiger partial charge in [-0.1, -0.05) is 13.0 Å². The Morgan fingerprint density at radius 3 is 2.36 bits per heavy atom. The molecule has 0 aliphatic carbocycles. The van der Waals surface area contributed by atoms with E-state index in [0.29, 0.717) is 28.1 Å². The first-order valence-corrected chi connectivity index (χ1v) is 13.1. The summed E-state index contributed by atoms with van der Waals surface area (Å²) in [4.78, 5) is 36.6. The number of alkyl halides is 3. The van der Waals surface area contributed by atoms with Gasteiger partial charge in [0.2, 0.25) is 0 Å². The number of methoxy groups -OCH3 is 1. The zero-order valence-electron chi connectivity index (χ0n) is 22.4. The van der Waals surface area contributed by atoms with Crippen molar-refractivity contribution in [1.82, 2.24) is 5.43 Å². The highest BCUT2D eigenvalue weighted by Crippen LogP contribution is 2.36. The summed E-state index contributed by atoms with van der Waals surface area (Å²) < 4.78 is 55.3. The summed E-state index contributed by atoms with van der Waals surface area (Å²) in [6, 6.07) is 13.8. The molecule has 3 amide bonds. The molecule has 0 saturated carbocycles. The first-order chi connectivity index (χ1) is 20.0. The summed E-state index contributed by atoms with van der Waals surface area (Å²) in [7, 11) is 1.35. The molecule has 0 aliphatic heterocycles. The van der Waals surface area contributed by atoms with Crippen LogP contribution in [0, 0.1) is 0 Å². The number of hydrazone groups is 1. The summed E-state index contributed by atoms with van der Waals surface area (Å²) in [5, 5.41) is 8.57. The second-order valence-electron chi connectivity index (χ2n) is 8.48. The fraction of sp³-hybridized carbons (Fsp3) is 0.214. The number of nitrogens with zero attached hydrogens (tertiary/aromatic N) is 1. The number of hydrogen-bond acceptors (Lipinski definition) is 7. The van der Waals surface area contributed by atoms with Crippen LogP contribution >= 0.6 is 15.9 Å². The number of nitrogens with one attached hydrogen (secondary N) is 3. The van der Waals surface area contributed by atoms with Gasteiger partial charge in [-0.3, -0.25) is 14.4 Å². The van der Waals surface area contributed by atoms with Crippen LogP contribution in [-0.2, 0) is 20.6 Å². The summed E-state index contributed by atoms with van der Waals surface area (Å²) >= 11 is 3.30. The third kappa shape index (κ3) is 9.51. The monoisotopic (exact) mass is 650 g/mol. The van der Waals surface area contributed by atoms with Gasteiger partial charge >= 0.3 is 18.0 Å². The Labute approximate surface area is 247 Å². The summed E-state index contributed by atoms with van der Waals surface area (Å²) in [6.45, 7) is 2.02. The van der Waals surface area contributed by atoms with E-state index in [-0.39, 0.29) is 17.2 Å². The van der Waals surface area contributed by atoms with Crippen molar-refractivity contribution in [2.75, 3.05) is 31.0 Å². The van der Waals surface area contributed by atoms with E-state index in [4.69, 9.17) is 14.2 Å². The molecule has 0 heterocycles. The maximum absolute atomic E-state index is 12.9. The van der Waals surface area contributed by atoms with Crippen molar-refractivity contribution in [1.29, 1.82) is 0 Å². The van der Waals surface area contributed by atoms with E-state index in [1.54, 1.807) is 30.3 Å². The highest BCUT2D eigenvalue weighted by atomic mass is 79.9. The molecular formula is C28H26BrF3N4O6. The number of ether oxygens (including phenoxy) is 3. The van der Waals surface area contributed by atoms with E-state index in [1.165, 1.54) is 31.5 Å². The van der Waals surface area contributed by atoms with Crippen LogP contribution in [0.2, 0.25) is 0 Å². The van der Waals surface area contributed by atoms with Crippen LogP contribution < -0.4 is 30.3 Å². The van der Waals surface area contributed by atoms with Gasteiger partial charge in [-0.2, -0.15) is 18.3 Å². The highest BCUT2D eigenvalue weighted by molar-refractivity contribution is 9.10. The molecule has 0 saturated heterocycles. The van der Waals surface area contributed by atoms with Gasteiger partial charge in [0, 0.05) is 11.4 Å². The molecule has 0 aromatic heterocycles. The lowest BCUT2D eigenvalue weighted by atomic mass is 10.2. The number of hydrogen-bond donors (Lipinski definition) is 3. The first kappa shape index (κ1) is 31.9. The fourth-order valence-electron chi connectivity index (χ4n) is 3.32. The molecule has 3 N–H and O–H groups in total. The number of amides is 3. The summed E-state index contributed by atoms with van der Waals surface area (Å²) in [6.07, 6.45) is -2.44. The smallest absolute Gasteiger partial charge is 0.416 e. The molecule has 14 heteroatoms. The van der Waals surface area contributed by atoms with Crippen molar-refractivity contribution in [3.63, 3.8) is 0 Å². The van der Waals surface area contributed by atoms with Gasteiger partial charge in [0.05, 0.1) is 30.0 Å². The first-order valence-electron chi connectivity index (χ1n) is 12.3. The van der Waals surface area contributed by atoms with E-state index in [2.05, 4.69) is 37.1 Å². The molecule has 3 aromatic rings. The lowest BCUT2D eigenvalue weighted by Crippen LogP contribution is -2.32. The van der Waals surface area contributed by atoms with Crippen molar-refractivity contribution in [2.45, 2.75) is 19.5 Å². The summed E-state index contributed by atoms with van der Waals surface area (Å²) in [5.74, 6) is -1.66. The van der Waals surface area contributed by atoms with Crippen molar-refractivity contribution in [3.05, 3.63) is 76.3 Å². The van der Waals surface area contributed by atoms with Gasteiger partial charge in [0.1, 0.15) is 5.75 Å². The quantitative estimate of drug-likeness (QED) is 0.145.